The van der Waals surface area contributed by atoms with Crippen LogP contribution in [0.4, 0.5) is 10.1 Å². The molecule has 0 unspecified atom stereocenters. The van der Waals surface area contributed by atoms with Gasteiger partial charge in [0.25, 0.3) is 5.91 Å². The summed E-state index contributed by atoms with van der Waals surface area (Å²) < 4.78 is 12.6. The van der Waals surface area contributed by atoms with Crippen LogP contribution in [0.1, 0.15) is 29.9 Å². The highest BCUT2D eigenvalue weighted by Crippen LogP contribution is 2.25. The number of pyridine rings is 1. The van der Waals surface area contributed by atoms with Crippen LogP contribution < -0.4 is 5.32 Å². The Kier molecular flexibility index (Phi) is 4.09. The molecule has 1 amide bonds. The van der Waals surface area contributed by atoms with E-state index in [0.717, 1.165) is 0 Å². The molecule has 20 heavy (non-hydrogen) atoms. The van der Waals surface area contributed by atoms with E-state index in [2.05, 4.69) is 22.9 Å². The number of halogens is 1. The molecule has 1 N–H and O–H groups in total. The summed E-state index contributed by atoms with van der Waals surface area (Å²) in [6.45, 7) is 3.79. The number of rotatable bonds is 3. The Morgan fingerprint density at radius 2 is 2.05 bits per heavy atom. The summed E-state index contributed by atoms with van der Waals surface area (Å²) in [5.74, 6) is -0.702. The molecule has 1 aromatic carbocycles. The quantitative estimate of drug-likeness (QED) is 0.847. The van der Waals surface area contributed by atoms with E-state index in [0.29, 0.717) is 16.9 Å². The van der Waals surface area contributed by atoms with Gasteiger partial charge in [-0.25, -0.2) is 4.39 Å². The second-order valence-corrected chi connectivity index (χ2v) is 6.07. The predicted molar refractivity (Wildman–Crippen MR) is 80.6 cm³/mol. The summed E-state index contributed by atoms with van der Waals surface area (Å²) in [4.78, 5) is 16.3. The molecule has 1 heterocycles. The van der Waals surface area contributed by atoms with E-state index in [9.17, 15) is 9.18 Å². The van der Waals surface area contributed by atoms with Crippen LogP contribution in [0.5, 0.6) is 0 Å². The second-order valence-electron chi connectivity index (χ2n) is 4.95. The van der Waals surface area contributed by atoms with Crippen molar-refractivity contribution >= 4 is 24.2 Å². The van der Waals surface area contributed by atoms with Gasteiger partial charge >= 0.3 is 0 Å². The molecule has 0 aliphatic heterocycles. The molecule has 2 rings (SSSR count). The standard InChI is InChI=1S/C15H15FN2OS/c1-15(2,20)13-8-10(6-7-17-13)14(19)18-12-5-3-4-11(16)9-12/h3-9,20H,1-2H3,(H,18,19). The van der Waals surface area contributed by atoms with Crippen molar-refractivity contribution in [1.82, 2.24) is 4.98 Å². The van der Waals surface area contributed by atoms with E-state index < -0.39 is 10.6 Å². The van der Waals surface area contributed by atoms with Crippen molar-refractivity contribution in [1.29, 1.82) is 0 Å². The van der Waals surface area contributed by atoms with Crippen LogP contribution in [0.15, 0.2) is 42.6 Å². The molecular weight excluding hydrogens is 275 g/mol. The SMILES string of the molecule is CC(C)(S)c1cc(C(=O)Nc2cccc(F)c2)ccn1. The molecule has 0 radical (unpaired) electrons. The van der Waals surface area contributed by atoms with Gasteiger partial charge in [0.2, 0.25) is 0 Å². The minimum absolute atomic E-state index is 0.308. The first-order valence-electron chi connectivity index (χ1n) is 6.12. The van der Waals surface area contributed by atoms with E-state index in [1.165, 1.54) is 12.1 Å². The third kappa shape index (κ3) is 3.57. The number of carbonyl (C=O) groups is 1. The molecule has 104 valence electrons. The first-order chi connectivity index (χ1) is 9.36. The van der Waals surface area contributed by atoms with E-state index in [1.807, 2.05) is 13.8 Å². The minimum Gasteiger partial charge on any atom is -0.322 e. The van der Waals surface area contributed by atoms with Crippen molar-refractivity contribution < 1.29 is 9.18 Å². The molecule has 0 aliphatic carbocycles. The Hall–Kier alpha value is -1.88. The normalized spacial score (nSPS) is 11.2. The molecular formula is C15H15FN2OS. The first kappa shape index (κ1) is 14.5. The molecule has 0 aliphatic rings. The Labute approximate surface area is 122 Å². The molecule has 0 saturated heterocycles. The van der Waals surface area contributed by atoms with E-state index >= 15 is 0 Å². The number of nitrogens with zero attached hydrogens (tertiary/aromatic N) is 1. The number of hydrogen-bond donors (Lipinski definition) is 2. The highest BCUT2D eigenvalue weighted by Gasteiger charge is 2.18. The van der Waals surface area contributed by atoms with Crippen LogP contribution in [0, 0.1) is 5.82 Å². The molecule has 3 nitrogen and oxygen atoms in total. The Bertz CT molecular complexity index is 638. The molecule has 5 heteroatoms. The monoisotopic (exact) mass is 290 g/mol. The highest BCUT2D eigenvalue weighted by atomic mass is 32.1. The van der Waals surface area contributed by atoms with Gasteiger partial charge in [-0.1, -0.05) is 6.07 Å². The largest absolute Gasteiger partial charge is 0.322 e. The van der Waals surface area contributed by atoms with Crippen molar-refractivity contribution in [3.05, 3.63) is 59.7 Å². The van der Waals surface area contributed by atoms with Gasteiger partial charge in [-0.15, -0.1) is 0 Å². The average molecular weight is 290 g/mol. The molecule has 0 atom stereocenters. The fourth-order valence-corrected chi connectivity index (χ4v) is 1.80. The predicted octanol–water partition coefficient (Wildman–Crippen LogP) is 3.64. The fourth-order valence-electron chi connectivity index (χ4n) is 1.68. The number of benzene rings is 1. The highest BCUT2D eigenvalue weighted by molar-refractivity contribution is 7.81. The number of aromatic nitrogens is 1. The van der Waals surface area contributed by atoms with E-state index in [-0.39, 0.29) is 5.91 Å². The van der Waals surface area contributed by atoms with Crippen LogP contribution in [-0.2, 0) is 4.75 Å². The number of anilines is 1. The van der Waals surface area contributed by atoms with Crippen molar-refractivity contribution in [2.24, 2.45) is 0 Å². The maximum absolute atomic E-state index is 13.1. The Morgan fingerprint density at radius 1 is 1.30 bits per heavy atom. The smallest absolute Gasteiger partial charge is 0.255 e. The summed E-state index contributed by atoms with van der Waals surface area (Å²) in [6, 6.07) is 9.05. The number of thiol groups is 1. The molecule has 0 saturated carbocycles. The topological polar surface area (TPSA) is 42.0 Å². The molecule has 2 aromatic rings. The lowest BCUT2D eigenvalue weighted by Gasteiger charge is -2.17. The molecule has 0 bridgehead atoms. The fraction of sp³-hybridized carbons (Fsp3) is 0.200. The third-order valence-corrected chi connectivity index (χ3v) is 2.96. The lowest BCUT2D eigenvalue weighted by Crippen LogP contribution is -2.15. The summed E-state index contributed by atoms with van der Waals surface area (Å²) in [5, 5.41) is 2.65. The van der Waals surface area contributed by atoms with Gasteiger partial charge in [-0.2, -0.15) is 12.6 Å². The number of amides is 1. The second kappa shape index (κ2) is 5.63. The summed E-state index contributed by atoms with van der Waals surface area (Å²) in [6.07, 6.45) is 1.56. The van der Waals surface area contributed by atoms with Crippen molar-refractivity contribution in [3.8, 4) is 0 Å². The molecule has 1 aromatic heterocycles. The van der Waals surface area contributed by atoms with Crippen molar-refractivity contribution in [2.45, 2.75) is 18.6 Å². The van der Waals surface area contributed by atoms with Gasteiger partial charge in [-0.3, -0.25) is 9.78 Å². The van der Waals surface area contributed by atoms with Crippen LogP contribution in [-0.4, -0.2) is 10.9 Å². The van der Waals surface area contributed by atoms with Gasteiger partial charge < -0.3 is 5.32 Å². The summed E-state index contributed by atoms with van der Waals surface area (Å²) >= 11 is 4.43. The zero-order valence-corrected chi connectivity index (χ0v) is 12.1. The molecule has 0 fully saturated rings. The minimum atomic E-state index is -0.435. The van der Waals surface area contributed by atoms with Gasteiger partial charge in [0.1, 0.15) is 5.82 Å². The Morgan fingerprint density at radius 3 is 2.70 bits per heavy atom. The van der Waals surface area contributed by atoms with E-state index in [1.54, 1.807) is 30.5 Å². The third-order valence-electron chi connectivity index (χ3n) is 2.73. The van der Waals surface area contributed by atoms with Gasteiger partial charge in [0, 0.05) is 22.2 Å². The maximum atomic E-state index is 13.1. The number of carbonyl (C=O) groups excluding carboxylic acids is 1. The Balaban J connectivity index is 2.22. The van der Waals surface area contributed by atoms with Gasteiger partial charge in [0.05, 0.1) is 5.69 Å². The van der Waals surface area contributed by atoms with Crippen LogP contribution >= 0.6 is 12.6 Å². The van der Waals surface area contributed by atoms with Gasteiger partial charge in [0.15, 0.2) is 0 Å². The number of hydrogen-bond acceptors (Lipinski definition) is 3. The number of nitrogens with one attached hydrogen (secondary N) is 1. The van der Waals surface area contributed by atoms with Crippen molar-refractivity contribution in [3.63, 3.8) is 0 Å². The summed E-state index contributed by atoms with van der Waals surface area (Å²) in [5.41, 5.74) is 1.58. The summed E-state index contributed by atoms with van der Waals surface area (Å²) in [7, 11) is 0. The maximum Gasteiger partial charge on any atom is 0.255 e. The van der Waals surface area contributed by atoms with Crippen LogP contribution in [0.2, 0.25) is 0 Å². The lowest BCUT2D eigenvalue weighted by molar-refractivity contribution is 0.102. The van der Waals surface area contributed by atoms with Crippen molar-refractivity contribution in [2.75, 3.05) is 5.32 Å². The first-order valence-corrected chi connectivity index (χ1v) is 6.57. The lowest BCUT2D eigenvalue weighted by atomic mass is 10.1. The van der Waals surface area contributed by atoms with Crippen LogP contribution in [0.25, 0.3) is 0 Å². The van der Waals surface area contributed by atoms with Gasteiger partial charge in [-0.05, 0) is 44.2 Å². The molecule has 0 spiro atoms. The van der Waals surface area contributed by atoms with Crippen LogP contribution in [0.3, 0.4) is 0 Å². The zero-order valence-electron chi connectivity index (χ0n) is 11.2. The average Bonchev–Trinajstić information content (AvgIpc) is 2.38. The van der Waals surface area contributed by atoms with E-state index in [4.69, 9.17) is 0 Å². The zero-order chi connectivity index (χ0) is 14.8.